The third-order valence-electron chi connectivity index (χ3n) is 5.83. The fourth-order valence-electron chi connectivity index (χ4n) is 3.19. The van der Waals surface area contributed by atoms with Crippen LogP contribution in [-0.4, -0.2) is 44.2 Å². The molecule has 0 heterocycles. The van der Waals surface area contributed by atoms with E-state index in [4.69, 9.17) is 14.2 Å². The number of methoxy groups -OCH3 is 1. The van der Waals surface area contributed by atoms with Crippen molar-refractivity contribution in [2.24, 2.45) is 5.41 Å². The number of amides is 1. The SMILES string of the molecule is CCC(C)(C)C(=O)c1ccc(OCCCCOc2cc(C(=O)NC)ccc2OC)c(C)c1O. The van der Waals surface area contributed by atoms with Gasteiger partial charge in [-0.25, -0.2) is 0 Å². The van der Waals surface area contributed by atoms with Gasteiger partial charge in [-0.1, -0.05) is 20.8 Å². The number of carbonyl (C=O) groups excluding carboxylic acids is 2. The van der Waals surface area contributed by atoms with Crippen molar-refractivity contribution < 1.29 is 28.9 Å². The number of rotatable bonds is 12. The molecule has 0 spiro atoms. The average molecular weight is 458 g/mol. The van der Waals surface area contributed by atoms with Gasteiger partial charge in [0.05, 0.1) is 25.9 Å². The Bertz CT molecular complexity index is 983. The maximum Gasteiger partial charge on any atom is 0.251 e. The molecule has 0 bridgehead atoms. The van der Waals surface area contributed by atoms with Gasteiger partial charge in [0.25, 0.3) is 5.91 Å². The highest BCUT2D eigenvalue weighted by atomic mass is 16.5. The fourth-order valence-corrected chi connectivity index (χ4v) is 3.19. The van der Waals surface area contributed by atoms with Crippen molar-refractivity contribution in [2.75, 3.05) is 27.4 Å². The second-order valence-corrected chi connectivity index (χ2v) is 8.50. The lowest BCUT2D eigenvalue weighted by atomic mass is 9.81. The third kappa shape index (κ3) is 6.40. The third-order valence-corrected chi connectivity index (χ3v) is 5.83. The summed E-state index contributed by atoms with van der Waals surface area (Å²) in [5.41, 5.74) is 0.846. The lowest BCUT2D eigenvalue weighted by molar-refractivity contribution is 0.0829. The van der Waals surface area contributed by atoms with Crippen LogP contribution in [0.25, 0.3) is 0 Å². The molecule has 1 amide bonds. The highest BCUT2D eigenvalue weighted by Crippen LogP contribution is 2.35. The lowest BCUT2D eigenvalue weighted by Crippen LogP contribution is -2.23. The molecule has 7 nitrogen and oxygen atoms in total. The summed E-state index contributed by atoms with van der Waals surface area (Å²) in [4.78, 5) is 24.5. The Balaban J connectivity index is 1.89. The van der Waals surface area contributed by atoms with Crippen LogP contribution in [-0.2, 0) is 0 Å². The van der Waals surface area contributed by atoms with Crippen LogP contribution in [0.1, 0.15) is 66.3 Å². The Morgan fingerprint density at radius 2 is 1.61 bits per heavy atom. The van der Waals surface area contributed by atoms with Crippen molar-refractivity contribution in [1.29, 1.82) is 0 Å². The number of Topliss-reactive ketones (excluding diaryl/α,β-unsaturated/α-hetero) is 1. The fraction of sp³-hybridized carbons (Fsp3) is 0.462. The Hall–Kier alpha value is -3.22. The molecule has 7 heteroatoms. The number of phenolic OH excluding ortho intramolecular Hbond substituents is 1. The molecule has 2 rings (SSSR count). The summed E-state index contributed by atoms with van der Waals surface area (Å²) in [6.45, 7) is 8.32. The maximum absolute atomic E-state index is 12.7. The van der Waals surface area contributed by atoms with Crippen LogP contribution in [0.2, 0.25) is 0 Å². The molecule has 0 atom stereocenters. The zero-order valence-corrected chi connectivity index (χ0v) is 20.4. The van der Waals surface area contributed by atoms with E-state index < -0.39 is 5.41 Å². The first-order valence-corrected chi connectivity index (χ1v) is 11.2. The van der Waals surface area contributed by atoms with Gasteiger partial charge < -0.3 is 24.6 Å². The van der Waals surface area contributed by atoms with Gasteiger partial charge in [0, 0.05) is 23.6 Å². The predicted molar refractivity (Wildman–Crippen MR) is 128 cm³/mol. The molecule has 0 aromatic heterocycles. The molecule has 33 heavy (non-hydrogen) atoms. The van der Waals surface area contributed by atoms with E-state index in [0.717, 1.165) is 12.8 Å². The molecule has 0 aliphatic carbocycles. The number of hydrogen-bond acceptors (Lipinski definition) is 6. The first-order valence-electron chi connectivity index (χ1n) is 11.2. The van der Waals surface area contributed by atoms with Gasteiger partial charge >= 0.3 is 0 Å². The molecule has 0 aliphatic rings. The molecule has 0 radical (unpaired) electrons. The minimum absolute atomic E-state index is 0.0227. The maximum atomic E-state index is 12.7. The normalized spacial score (nSPS) is 11.1. The largest absolute Gasteiger partial charge is 0.507 e. The summed E-state index contributed by atoms with van der Waals surface area (Å²) in [6, 6.07) is 8.40. The number of aromatic hydroxyl groups is 1. The number of benzene rings is 2. The standard InChI is InChI=1S/C26H35NO6/c1-7-26(3,4)24(29)19-11-13-20(17(2)23(19)28)32-14-8-9-15-33-22-16-18(25(30)27-5)10-12-21(22)31-6/h10-13,16,28H,7-9,14-15H2,1-6H3,(H,27,30). The van der Waals surface area contributed by atoms with Crippen molar-refractivity contribution >= 4 is 11.7 Å². The topological polar surface area (TPSA) is 94.1 Å². The van der Waals surface area contributed by atoms with E-state index in [0.29, 0.717) is 53.6 Å². The number of hydrogen-bond donors (Lipinski definition) is 2. The number of unbranched alkanes of at least 4 members (excludes halogenated alkanes) is 1. The molecular weight excluding hydrogens is 422 g/mol. The van der Waals surface area contributed by atoms with E-state index in [9.17, 15) is 14.7 Å². The summed E-state index contributed by atoms with van der Waals surface area (Å²) in [5.74, 6) is 1.33. The zero-order chi connectivity index (χ0) is 24.6. The number of nitrogens with one attached hydrogen (secondary N) is 1. The van der Waals surface area contributed by atoms with Gasteiger partial charge in [0.15, 0.2) is 17.3 Å². The van der Waals surface area contributed by atoms with Crippen LogP contribution in [0.4, 0.5) is 0 Å². The first kappa shape index (κ1) is 26.0. The Morgan fingerprint density at radius 3 is 2.18 bits per heavy atom. The minimum Gasteiger partial charge on any atom is -0.507 e. The number of ether oxygens (including phenoxy) is 3. The van der Waals surface area contributed by atoms with Crippen molar-refractivity contribution in [3.05, 3.63) is 47.0 Å². The van der Waals surface area contributed by atoms with Crippen LogP contribution in [0.15, 0.2) is 30.3 Å². The molecule has 2 aromatic rings. The summed E-state index contributed by atoms with van der Waals surface area (Å²) in [6.07, 6.45) is 2.13. The zero-order valence-electron chi connectivity index (χ0n) is 20.4. The van der Waals surface area contributed by atoms with E-state index in [2.05, 4.69) is 5.32 Å². The Labute approximate surface area is 196 Å². The Kier molecular flexibility index (Phi) is 9.14. The molecular formula is C26H35NO6. The lowest BCUT2D eigenvalue weighted by Gasteiger charge is -2.22. The second-order valence-electron chi connectivity index (χ2n) is 8.50. The predicted octanol–water partition coefficient (Wildman–Crippen LogP) is 4.93. The molecule has 2 aromatic carbocycles. The number of phenols is 1. The van der Waals surface area contributed by atoms with Gasteiger partial charge in [0.2, 0.25) is 0 Å². The van der Waals surface area contributed by atoms with Crippen LogP contribution in [0.3, 0.4) is 0 Å². The molecule has 0 unspecified atom stereocenters. The highest BCUT2D eigenvalue weighted by Gasteiger charge is 2.29. The van der Waals surface area contributed by atoms with E-state index in [1.165, 1.54) is 0 Å². The van der Waals surface area contributed by atoms with Crippen molar-refractivity contribution in [3.63, 3.8) is 0 Å². The average Bonchev–Trinajstić information content (AvgIpc) is 2.82. The van der Waals surface area contributed by atoms with E-state index in [-0.39, 0.29) is 17.4 Å². The summed E-state index contributed by atoms with van der Waals surface area (Å²) < 4.78 is 16.9. The van der Waals surface area contributed by atoms with E-state index in [1.807, 2.05) is 20.8 Å². The number of carbonyl (C=O) groups is 2. The quantitative estimate of drug-likeness (QED) is 0.347. The molecule has 0 saturated carbocycles. The van der Waals surface area contributed by atoms with Gasteiger partial charge in [-0.15, -0.1) is 0 Å². The molecule has 0 aliphatic heterocycles. The summed E-state index contributed by atoms with van der Waals surface area (Å²) in [5, 5.41) is 13.1. The molecule has 0 fully saturated rings. The Morgan fingerprint density at radius 1 is 1.00 bits per heavy atom. The number of ketones is 1. The van der Waals surface area contributed by atoms with E-state index in [1.54, 1.807) is 51.4 Å². The van der Waals surface area contributed by atoms with Crippen LogP contribution < -0.4 is 19.5 Å². The van der Waals surface area contributed by atoms with Crippen LogP contribution in [0, 0.1) is 12.3 Å². The molecule has 180 valence electrons. The monoisotopic (exact) mass is 457 g/mol. The van der Waals surface area contributed by atoms with Crippen LogP contribution >= 0.6 is 0 Å². The van der Waals surface area contributed by atoms with Crippen molar-refractivity contribution in [1.82, 2.24) is 5.32 Å². The summed E-state index contributed by atoms with van der Waals surface area (Å²) >= 11 is 0. The van der Waals surface area contributed by atoms with Gasteiger partial charge in [-0.2, -0.15) is 0 Å². The molecule has 2 N–H and O–H groups in total. The van der Waals surface area contributed by atoms with E-state index >= 15 is 0 Å². The van der Waals surface area contributed by atoms with Crippen LogP contribution in [0.5, 0.6) is 23.0 Å². The van der Waals surface area contributed by atoms with Gasteiger partial charge in [-0.3, -0.25) is 9.59 Å². The van der Waals surface area contributed by atoms with Gasteiger partial charge in [-0.05, 0) is 56.5 Å². The minimum atomic E-state index is -0.533. The summed E-state index contributed by atoms with van der Waals surface area (Å²) in [7, 11) is 3.13. The first-order chi connectivity index (χ1) is 15.7. The van der Waals surface area contributed by atoms with Gasteiger partial charge in [0.1, 0.15) is 11.5 Å². The second kappa shape index (κ2) is 11.6. The molecule has 0 saturated heterocycles. The van der Waals surface area contributed by atoms with Crippen molar-refractivity contribution in [3.8, 4) is 23.0 Å². The highest BCUT2D eigenvalue weighted by molar-refractivity contribution is 6.02. The van der Waals surface area contributed by atoms with Crippen molar-refractivity contribution in [2.45, 2.75) is 47.0 Å². The smallest absolute Gasteiger partial charge is 0.251 e.